The third-order valence-corrected chi connectivity index (χ3v) is 6.86. The molecule has 0 aliphatic heterocycles. The van der Waals surface area contributed by atoms with E-state index in [2.05, 4.69) is 11.4 Å². The summed E-state index contributed by atoms with van der Waals surface area (Å²) in [5.74, 6) is 1.09. The maximum absolute atomic E-state index is 12.9. The van der Waals surface area contributed by atoms with Crippen molar-refractivity contribution in [2.75, 3.05) is 31.6 Å². The zero-order valence-corrected chi connectivity index (χ0v) is 20.0. The van der Waals surface area contributed by atoms with E-state index in [0.717, 1.165) is 16.9 Å². The van der Waals surface area contributed by atoms with Gasteiger partial charge in [0.25, 0.3) is 15.9 Å². The van der Waals surface area contributed by atoms with Crippen LogP contribution in [0.5, 0.6) is 11.5 Å². The van der Waals surface area contributed by atoms with Gasteiger partial charge >= 0.3 is 0 Å². The fourth-order valence-corrected chi connectivity index (χ4v) is 4.51. The number of nitrogens with zero attached hydrogens (tertiary/aromatic N) is 1. The van der Waals surface area contributed by atoms with Gasteiger partial charge in [0.05, 0.1) is 24.2 Å². The van der Waals surface area contributed by atoms with Gasteiger partial charge in [0, 0.05) is 12.6 Å². The molecule has 0 unspecified atom stereocenters. The minimum Gasteiger partial charge on any atom is -0.497 e. The van der Waals surface area contributed by atoms with Crippen molar-refractivity contribution in [1.82, 2.24) is 5.32 Å². The van der Waals surface area contributed by atoms with Crippen LogP contribution in [-0.4, -0.2) is 41.6 Å². The lowest BCUT2D eigenvalue weighted by atomic mass is 10.1. The SMILES string of the molecule is COc1ccc(S(=O)(=O)N(C)c2ccc(C(=O)NCCOc3cc(C)cc(C)c3)cc2)cc1. The predicted octanol–water partition coefficient (Wildman–Crippen LogP) is 3.95. The van der Waals surface area contributed by atoms with Crippen LogP contribution in [0.4, 0.5) is 5.69 Å². The van der Waals surface area contributed by atoms with Gasteiger partial charge in [-0.05, 0) is 85.6 Å². The second-order valence-electron chi connectivity index (χ2n) is 7.62. The Morgan fingerprint density at radius 3 is 2.09 bits per heavy atom. The number of anilines is 1. The molecule has 0 saturated heterocycles. The van der Waals surface area contributed by atoms with E-state index >= 15 is 0 Å². The highest BCUT2D eigenvalue weighted by atomic mass is 32.2. The van der Waals surface area contributed by atoms with E-state index in [0.29, 0.717) is 30.2 Å². The summed E-state index contributed by atoms with van der Waals surface area (Å²) in [5.41, 5.74) is 3.11. The second kappa shape index (κ2) is 10.4. The number of sulfonamides is 1. The van der Waals surface area contributed by atoms with Crippen LogP contribution in [0, 0.1) is 13.8 Å². The van der Waals surface area contributed by atoms with E-state index in [1.807, 2.05) is 26.0 Å². The normalized spacial score (nSPS) is 11.0. The van der Waals surface area contributed by atoms with Gasteiger partial charge in [-0.25, -0.2) is 8.42 Å². The summed E-state index contributed by atoms with van der Waals surface area (Å²) in [5, 5.41) is 2.81. The lowest BCUT2D eigenvalue weighted by Gasteiger charge is -2.20. The van der Waals surface area contributed by atoms with Crippen molar-refractivity contribution >= 4 is 21.6 Å². The first kappa shape index (κ1) is 24.1. The molecule has 0 aliphatic carbocycles. The number of ether oxygens (including phenoxy) is 2. The molecule has 3 rings (SSSR count). The van der Waals surface area contributed by atoms with Crippen LogP contribution in [0.25, 0.3) is 0 Å². The Bertz CT molecular complexity index is 1190. The number of methoxy groups -OCH3 is 1. The number of hydrogen-bond acceptors (Lipinski definition) is 5. The zero-order valence-electron chi connectivity index (χ0n) is 19.2. The van der Waals surface area contributed by atoms with Gasteiger partial charge in [-0.3, -0.25) is 9.10 Å². The third kappa shape index (κ3) is 6.04. The maximum Gasteiger partial charge on any atom is 0.264 e. The van der Waals surface area contributed by atoms with E-state index < -0.39 is 10.0 Å². The molecule has 0 aliphatic rings. The molecule has 174 valence electrons. The molecular formula is C25H28N2O5S. The maximum atomic E-state index is 12.9. The summed E-state index contributed by atoms with van der Waals surface area (Å²) < 4.78 is 37.7. The van der Waals surface area contributed by atoms with Gasteiger partial charge in [-0.2, -0.15) is 0 Å². The standard InChI is InChI=1S/C25H28N2O5S/c1-18-15-19(2)17-23(16-18)32-14-13-26-25(28)20-5-7-21(8-6-20)27(3)33(29,30)24-11-9-22(31-4)10-12-24/h5-12,15-17H,13-14H2,1-4H3,(H,26,28). The number of nitrogens with one attached hydrogen (secondary N) is 1. The molecule has 33 heavy (non-hydrogen) atoms. The Morgan fingerprint density at radius 2 is 1.52 bits per heavy atom. The number of benzene rings is 3. The number of carbonyl (C=O) groups excluding carboxylic acids is 1. The zero-order chi connectivity index (χ0) is 24.0. The lowest BCUT2D eigenvalue weighted by Crippen LogP contribution is -2.28. The Hall–Kier alpha value is -3.52. The van der Waals surface area contributed by atoms with Crippen LogP contribution in [0.15, 0.2) is 71.6 Å². The monoisotopic (exact) mass is 468 g/mol. The molecule has 7 nitrogen and oxygen atoms in total. The molecule has 0 fully saturated rings. The molecule has 0 saturated carbocycles. The molecule has 0 atom stereocenters. The largest absolute Gasteiger partial charge is 0.497 e. The summed E-state index contributed by atoms with van der Waals surface area (Å²) >= 11 is 0. The van der Waals surface area contributed by atoms with Gasteiger partial charge in [0.15, 0.2) is 0 Å². The number of rotatable bonds is 9. The van der Waals surface area contributed by atoms with Gasteiger partial charge in [0.1, 0.15) is 18.1 Å². The molecule has 0 aromatic heterocycles. The molecule has 3 aromatic carbocycles. The highest BCUT2D eigenvalue weighted by molar-refractivity contribution is 7.92. The van der Waals surface area contributed by atoms with Gasteiger partial charge in [0.2, 0.25) is 0 Å². The Kier molecular flexibility index (Phi) is 7.60. The molecule has 1 amide bonds. The van der Waals surface area contributed by atoms with E-state index in [-0.39, 0.29) is 10.8 Å². The first-order valence-electron chi connectivity index (χ1n) is 10.4. The molecule has 0 radical (unpaired) electrons. The predicted molar refractivity (Wildman–Crippen MR) is 129 cm³/mol. The summed E-state index contributed by atoms with van der Waals surface area (Å²) in [7, 11) is -0.749. The van der Waals surface area contributed by atoms with E-state index in [4.69, 9.17) is 9.47 Å². The summed E-state index contributed by atoms with van der Waals surface area (Å²) in [6, 6.07) is 18.5. The summed E-state index contributed by atoms with van der Waals surface area (Å²) in [6.07, 6.45) is 0. The van der Waals surface area contributed by atoms with Crippen LogP contribution in [0.3, 0.4) is 0 Å². The smallest absolute Gasteiger partial charge is 0.264 e. The van der Waals surface area contributed by atoms with Crippen molar-refractivity contribution in [2.45, 2.75) is 18.7 Å². The van der Waals surface area contributed by atoms with E-state index in [9.17, 15) is 13.2 Å². The summed E-state index contributed by atoms with van der Waals surface area (Å²) in [4.78, 5) is 12.6. The van der Waals surface area contributed by atoms with Crippen molar-refractivity contribution in [1.29, 1.82) is 0 Å². The first-order valence-corrected chi connectivity index (χ1v) is 11.9. The quantitative estimate of drug-likeness (QED) is 0.481. The molecule has 3 aromatic rings. The molecule has 0 spiro atoms. The van der Waals surface area contributed by atoms with Gasteiger partial charge < -0.3 is 14.8 Å². The molecule has 0 heterocycles. The topological polar surface area (TPSA) is 84.9 Å². The van der Waals surface area contributed by atoms with Crippen LogP contribution in [0.2, 0.25) is 0 Å². The lowest BCUT2D eigenvalue weighted by molar-refractivity contribution is 0.0947. The molecule has 0 bridgehead atoms. The first-order chi connectivity index (χ1) is 15.7. The molecule has 1 N–H and O–H groups in total. The Morgan fingerprint density at radius 1 is 0.909 bits per heavy atom. The average molecular weight is 469 g/mol. The van der Waals surface area contributed by atoms with Crippen molar-refractivity contribution in [3.8, 4) is 11.5 Å². The summed E-state index contributed by atoms with van der Waals surface area (Å²) in [6.45, 7) is 4.70. The van der Waals surface area contributed by atoms with Crippen molar-refractivity contribution in [3.05, 3.63) is 83.4 Å². The number of carbonyl (C=O) groups is 1. The highest BCUT2D eigenvalue weighted by Gasteiger charge is 2.21. The van der Waals surface area contributed by atoms with Gasteiger partial charge in [-0.15, -0.1) is 0 Å². The number of amides is 1. The van der Waals surface area contributed by atoms with Gasteiger partial charge in [-0.1, -0.05) is 6.07 Å². The average Bonchev–Trinajstić information content (AvgIpc) is 2.80. The van der Waals surface area contributed by atoms with Crippen molar-refractivity contribution < 1.29 is 22.7 Å². The number of aryl methyl sites for hydroxylation is 2. The van der Waals surface area contributed by atoms with Crippen molar-refractivity contribution in [3.63, 3.8) is 0 Å². The third-order valence-electron chi connectivity index (χ3n) is 5.06. The highest BCUT2D eigenvalue weighted by Crippen LogP contribution is 2.24. The minimum atomic E-state index is -3.74. The van der Waals surface area contributed by atoms with Crippen LogP contribution < -0.4 is 19.1 Å². The number of hydrogen-bond donors (Lipinski definition) is 1. The Labute approximate surface area is 195 Å². The Balaban J connectivity index is 1.57. The second-order valence-corrected chi connectivity index (χ2v) is 9.59. The van der Waals surface area contributed by atoms with Crippen LogP contribution >= 0.6 is 0 Å². The van der Waals surface area contributed by atoms with Crippen molar-refractivity contribution in [2.24, 2.45) is 0 Å². The van der Waals surface area contributed by atoms with Crippen LogP contribution in [-0.2, 0) is 10.0 Å². The molecular weight excluding hydrogens is 440 g/mol. The van der Waals surface area contributed by atoms with Crippen LogP contribution in [0.1, 0.15) is 21.5 Å². The minimum absolute atomic E-state index is 0.149. The fraction of sp³-hybridized carbons (Fsp3) is 0.240. The van der Waals surface area contributed by atoms with E-state index in [1.165, 1.54) is 30.6 Å². The van der Waals surface area contributed by atoms with E-state index in [1.54, 1.807) is 36.4 Å². The fourth-order valence-electron chi connectivity index (χ4n) is 3.32. The molecule has 8 heteroatoms.